The quantitative estimate of drug-likeness (QED) is 0.877. The molecule has 1 heterocycles. The highest BCUT2D eigenvalue weighted by Gasteiger charge is 2.18. The van der Waals surface area contributed by atoms with E-state index in [2.05, 4.69) is 9.71 Å². The Hall–Kier alpha value is -1.64. The van der Waals surface area contributed by atoms with Crippen LogP contribution >= 0.6 is 11.3 Å². The van der Waals surface area contributed by atoms with Crippen LogP contribution < -0.4 is 9.46 Å². The van der Waals surface area contributed by atoms with Crippen LogP contribution in [0.15, 0.2) is 23.1 Å². The van der Waals surface area contributed by atoms with E-state index >= 15 is 0 Å². The van der Waals surface area contributed by atoms with Crippen molar-refractivity contribution >= 4 is 26.5 Å². The van der Waals surface area contributed by atoms with Crippen LogP contribution in [0.5, 0.6) is 5.75 Å². The van der Waals surface area contributed by atoms with E-state index in [1.807, 2.05) is 13.8 Å². The minimum absolute atomic E-state index is 0.0536. The normalized spacial score (nSPS) is 11.4. The van der Waals surface area contributed by atoms with Gasteiger partial charge >= 0.3 is 0 Å². The molecule has 0 radical (unpaired) electrons. The van der Waals surface area contributed by atoms with Gasteiger partial charge in [-0.05, 0) is 32.0 Å². The third-order valence-corrected chi connectivity index (χ3v) is 5.44. The first kappa shape index (κ1) is 15.7. The van der Waals surface area contributed by atoms with E-state index in [-0.39, 0.29) is 11.5 Å². The second kappa shape index (κ2) is 6.00. The summed E-state index contributed by atoms with van der Waals surface area (Å²) in [5.74, 6) is 0.442. The molecule has 8 heteroatoms. The van der Waals surface area contributed by atoms with Crippen LogP contribution in [0.1, 0.15) is 16.1 Å². The third kappa shape index (κ3) is 3.34. The molecule has 0 aliphatic rings. The van der Waals surface area contributed by atoms with Gasteiger partial charge in [-0.3, -0.25) is 4.72 Å². The van der Waals surface area contributed by atoms with E-state index in [1.165, 1.54) is 36.6 Å². The number of nitrogens with zero attached hydrogens (tertiary/aromatic N) is 1. The lowest BCUT2D eigenvalue weighted by molar-refractivity contribution is 0.273. The summed E-state index contributed by atoms with van der Waals surface area (Å²) >= 11 is 1.28. The number of aromatic nitrogens is 1. The molecule has 0 fully saturated rings. The average molecular weight is 328 g/mol. The standard InChI is InChI=1S/C13H16N2O4S2/c1-8-9(2)20-13(14-8)15-21(17,18)11-4-5-12(19-3)10(6-11)7-16/h4-6,16H,7H2,1-3H3,(H,14,15). The van der Waals surface area contributed by atoms with E-state index in [0.717, 1.165) is 10.6 Å². The largest absolute Gasteiger partial charge is 0.496 e. The fraction of sp³-hybridized carbons (Fsp3) is 0.308. The molecule has 0 saturated heterocycles. The molecule has 114 valence electrons. The number of hydrogen-bond acceptors (Lipinski definition) is 6. The topological polar surface area (TPSA) is 88.5 Å². The predicted molar refractivity (Wildman–Crippen MR) is 81.3 cm³/mol. The number of thiazole rings is 1. The molecule has 6 nitrogen and oxygen atoms in total. The molecule has 0 amide bonds. The predicted octanol–water partition coefficient (Wildman–Crippen LogP) is 2.06. The van der Waals surface area contributed by atoms with Gasteiger partial charge in [-0.2, -0.15) is 0 Å². The van der Waals surface area contributed by atoms with Crippen LogP contribution in [0.4, 0.5) is 5.13 Å². The van der Waals surface area contributed by atoms with Gasteiger partial charge in [0.2, 0.25) is 0 Å². The number of benzene rings is 1. The van der Waals surface area contributed by atoms with Gasteiger partial charge < -0.3 is 9.84 Å². The summed E-state index contributed by atoms with van der Waals surface area (Å²) in [5.41, 5.74) is 1.20. The zero-order valence-electron chi connectivity index (χ0n) is 11.9. The van der Waals surface area contributed by atoms with Crippen molar-refractivity contribution in [2.45, 2.75) is 25.3 Å². The highest BCUT2D eigenvalue weighted by molar-refractivity contribution is 7.93. The second-order valence-electron chi connectivity index (χ2n) is 4.40. The Labute approximate surface area is 127 Å². The van der Waals surface area contributed by atoms with Crippen LogP contribution in [0, 0.1) is 13.8 Å². The smallest absolute Gasteiger partial charge is 0.263 e. The number of sulfonamides is 1. The zero-order chi connectivity index (χ0) is 15.6. The number of ether oxygens (including phenoxy) is 1. The molecule has 2 N–H and O–H groups in total. The molecule has 2 rings (SSSR count). The number of aliphatic hydroxyl groups excluding tert-OH is 1. The summed E-state index contributed by atoms with van der Waals surface area (Å²) in [4.78, 5) is 5.16. The van der Waals surface area contributed by atoms with Crippen molar-refractivity contribution in [2.24, 2.45) is 0 Å². The maximum atomic E-state index is 12.3. The van der Waals surface area contributed by atoms with Crippen LogP contribution in [0.3, 0.4) is 0 Å². The Bertz CT molecular complexity index is 734. The zero-order valence-corrected chi connectivity index (χ0v) is 13.5. The monoisotopic (exact) mass is 328 g/mol. The van der Waals surface area contributed by atoms with E-state index in [0.29, 0.717) is 16.4 Å². The fourth-order valence-electron chi connectivity index (χ4n) is 1.74. The van der Waals surface area contributed by atoms with Crippen LogP contribution in [0.2, 0.25) is 0 Å². The second-order valence-corrected chi connectivity index (χ2v) is 7.28. The summed E-state index contributed by atoms with van der Waals surface area (Å²) in [5, 5.41) is 9.59. The Morgan fingerprint density at radius 2 is 2.10 bits per heavy atom. The van der Waals surface area contributed by atoms with E-state index in [4.69, 9.17) is 4.74 Å². The number of aryl methyl sites for hydroxylation is 2. The molecular formula is C13H16N2O4S2. The number of hydrogen-bond donors (Lipinski definition) is 2. The molecule has 0 saturated carbocycles. The van der Waals surface area contributed by atoms with Crippen LogP contribution in [-0.4, -0.2) is 25.6 Å². The number of rotatable bonds is 5. The number of nitrogens with one attached hydrogen (secondary N) is 1. The first-order valence-electron chi connectivity index (χ1n) is 6.12. The van der Waals surface area contributed by atoms with Crippen LogP contribution in [0.25, 0.3) is 0 Å². The molecule has 0 aliphatic carbocycles. The molecule has 0 unspecified atom stereocenters. The van der Waals surface area contributed by atoms with Crippen molar-refractivity contribution < 1.29 is 18.3 Å². The summed E-state index contributed by atoms with van der Waals surface area (Å²) in [6.45, 7) is 3.39. The number of aliphatic hydroxyl groups is 1. The van der Waals surface area contributed by atoms with Gasteiger partial charge in [0.15, 0.2) is 5.13 Å². The van der Waals surface area contributed by atoms with Gasteiger partial charge in [-0.1, -0.05) is 0 Å². The Kier molecular flexibility index (Phi) is 4.50. The van der Waals surface area contributed by atoms with Crippen molar-refractivity contribution in [1.82, 2.24) is 4.98 Å². The Balaban J connectivity index is 2.35. The maximum absolute atomic E-state index is 12.3. The average Bonchev–Trinajstić information content (AvgIpc) is 2.75. The van der Waals surface area contributed by atoms with Crippen molar-refractivity contribution in [1.29, 1.82) is 0 Å². The molecule has 0 aliphatic heterocycles. The van der Waals surface area contributed by atoms with Crippen molar-refractivity contribution in [3.63, 3.8) is 0 Å². The first-order chi connectivity index (χ1) is 9.87. The molecule has 2 aromatic rings. The van der Waals surface area contributed by atoms with E-state index < -0.39 is 10.0 Å². The van der Waals surface area contributed by atoms with Gasteiger partial charge in [0, 0.05) is 10.4 Å². The molecular weight excluding hydrogens is 312 g/mol. The molecule has 1 aromatic heterocycles. The first-order valence-corrected chi connectivity index (χ1v) is 8.42. The Morgan fingerprint density at radius 3 is 2.62 bits per heavy atom. The SMILES string of the molecule is COc1ccc(S(=O)(=O)Nc2nc(C)c(C)s2)cc1CO. The highest BCUT2D eigenvalue weighted by Crippen LogP contribution is 2.26. The lowest BCUT2D eigenvalue weighted by atomic mass is 10.2. The number of methoxy groups -OCH3 is 1. The van der Waals surface area contributed by atoms with Crippen molar-refractivity contribution in [3.05, 3.63) is 34.3 Å². The Morgan fingerprint density at radius 1 is 1.38 bits per heavy atom. The molecule has 0 atom stereocenters. The molecule has 0 bridgehead atoms. The summed E-state index contributed by atoms with van der Waals surface area (Å²) < 4.78 is 32.1. The minimum Gasteiger partial charge on any atom is -0.496 e. The van der Waals surface area contributed by atoms with Gasteiger partial charge in [-0.25, -0.2) is 13.4 Å². The number of anilines is 1. The van der Waals surface area contributed by atoms with E-state index in [1.54, 1.807) is 0 Å². The lowest BCUT2D eigenvalue weighted by Crippen LogP contribution is -2.13. The molecule has 1 aromatic carbocycles. The fourth-order valence-corrected chi connectivity index (χ4v) is 3.84. The van der Waals surface area contributed by atoms with Crippen molar-refractivity contribution in [3.8, 4) is 5.75 Å². The van der Waals surface area contributed by atoms with Crippen LogP contribution in [-0.2, 0) is 16.6 Å². The molecule has 0 spiro atoms. The highest BCUT2D eigenvalue weighted by atomic mass is 32.2. The van der Waals surface area contributed by atoms with Gasteiger partial charge in [0.25, 0.3) is 10.0 Å². The van der Waals surface area contributed by atoms with Crippen molar-refractivity contribution in [2.75, 3.05) is 11.8 Å². The van der Waals surface area contributed by atoms with Gasteiger partial charge in [-0.15, -0.1) is 11.3 Å². The summed E-state index contributed by atoms with van der Waals surface area (Å²) in [6, 6.07) is 4.32. The van der Waals surface area contributed by atoms with Gasteiger partial charge in [0.1, 0.15) is 5.75 Å². The summed E-state index contributed by atoms with van der Waals surface area (Å²) in [7, 11) is -2.28. The van der Waals surface area contributed by atoms with E-state index in [9.17, 15) is 13.5 Å². The third-order valence-electron chi connectivity index (χ3n) is 2.98. The minimum atomic E-state index is -3.74. The van der Waals surface area contributed by atoms with Gasteiger partial charge in [0.05, 0.1) is 24.3 Å². The summed E-state index contributed by atoms with van der Waals surface area (Å²) in [6.07, 6.45) is 0. The lowest BCUT2D eigenvalue weighted by Gasteiger charge is -2.10. The maximum Gasteiger partial charge on any atom is 0.263 e. The molecule has 21 heavy (non-hydrogen) atoms.